The van der Waals surface area contributed by atoms with Crippen LogP contribution < -0.4 is 5.43 Å². The number of nitrogens with zero attached hydrogens (tertiary/aromatic N) is 1. The van der Waals surface area contributed by atoms with Crippen LogP contribution in [-0.2, 0) is 4.79 Å². The molecular formula is C8H9BrN2OS. The minimum absolute atomic E-state index is 0.160. The van der Waals surface area contributed by atoms with E-state index < -0.39 is 0 Å². The highest BCUT2D eigenvalue weighted by Gasteiger charge is 2.02. The number of amides is 1. The van der Waals surface area contributed by atoms with Crippen molar-refractivity contribution in [3.63, 3.8) is 0 Å². The first-order valence-corrected chi connectivity index (χ1v) is 5.33. The van der Waals surface area contributed by atoms with Gasteiger partial charge in [0.1, 0.15) is 0 Å². The molecule has 0 bridgehead atoms. The molecule has 5 heteroatoms. The number of carbonyl (C=O) groups is 1. The Morgan fingerprint density at radius 3 is 3.15 bits per heavy atom. The highest BCUT2D eigenvalue weighted by atomic mass is 79.9. The predicted molar refractivity (Wildman–Crippen MR) is 59.6 cm³/mol. The molecule has 70 valence electrons. The van der Waals surface area contributed by atoms with Gasteiger partial charge in [-0.2, -0.15) is 5.10 Å². The van der Waals surface area contributed by atoms with Gasteiger partial charge in [-0.05, 0) is 22.4 Å². The lowest BCUT2D eigenvalue weighted by Gasteiger charge is -2.04. The van der Waals surface area contributed by atoms with Gasteiger partial charge < -0.3 is 0 Å². The number of hydrazone groups is 1. The summed E-state index contributed by atoms with van der Waals surface area (Å²) in [6.45, 7) is 1.43. The zero-order chi connectivity index (χ0) is 9.68. The van der Waals surface area contributed by atoms with E-state index in [-0.39, 0.29) is 5.91 Å². The Balaban J connectivity index is 2.42. The average molecular weight is 261 g/mol. The molecular weight excluding hydrogens is 252 g/mol. The molecule has 1 N–H and O–H groups in total. The molecule has 0 unspecified atom stereocenters. The SMILES string of the molecule is CC(=O)NN=CC1=CCC=C(Br)S1. The second-order valence-corrected chi connectivity index (χ2v) is 4.87. The lowest BCUT2D eigenvalue weighted by molar-refractivity contribution is -0.118. The Labute approximate surface area is 89.5 Å². The molecule has 0 saturated heterocycles. The molecule has 0 fully saturated rings. The molecule has 0 spiro atoms. The Morgan fingerprint density at radius 2 is 2.54 bits per heavy atom. The minimum atomic E-state index is -0.160. The van der Waals surface area contributed by atoms with E-state index in [0.29, 0.717) is 0 Å². The molecule has 1 aliphatic heterocycles. The third kappa shape index (κ3) is 4.28. The van der Waals surface area contributed by atoms with Gasteiger partial charge >= 0.3 is 0 Å². The molecule has 13 heavy (non-hydrogen) atoms. The van der Waals surface area contributed by atoms with Crippen molar-refractivity contribution in [3.8, 4) is 0 Å². The van der Waals surface area contributed by atoms with Crippen molar-refractivity contribution in [3.05, 3.63) is 20.9 Å². The zero-order valence-electron chi connectivity index (χ0n) is 7.08. The van der Waals surface area contributed by atoms with Gasteiger partial charge in [0, 0.05) is 11.8 Å². The Hall–Kier alpha value is -0.550. The van der Waals surface area contributed by atoms with Crippen molar-refractivity contribution < 1.29 is 4.79 Å². The van der Waals surface area contributed by atoms with Crippen molar-refractivity contribution >= 4 is 39.8 Å². The van der Waals surface area contributed by atoms with Crippen LogP contribution in [0.25, 0.3) is 0 Å². The number of thioether (sulfide) groups is 1. The normalized spacial score (nSPS) is 16.8. The van der Waals surface area contributed by atoms with E-state index in [1.807, 2.05) is 6.08 Å². The van der Waals surface area contributed by atoms with Crippen LogP contribution in [0.2, 0.25) is 0 Å². The number of allylic oxidation sites excluding steroid dienone is 3. The van der Waals surface area contributed by atoms with Crippen molar-refractivity contribution in [2.24, 2.45) is 5.10 Å². The second kappa shape index (κ2) is 5.24. The first-order valence-electron chi connectivity index (χ1n) is 3.72. The highest BCUT2D eigenvalue weighted by Crippen LogP contribution is 2.32. The van der Waals surface area contributed by atoms with Crippen LogP contribution in [0, 0.1) is 0 Å². The number of halogens is 1. The van der Waals surface area contributed by atoms with Crippen LogP contribution in [-0.4, -0.2) is 12.1 Å². The average Bonchev–Trinajstić information content (AvgIpc) is 2.03. The van der Waals surface area contributed by atoms with Gasteiger partial charge in [-0.3, -0.25) is 4.79 Å². The first kappa shape index (κ1) is 10.5. The minimum Gasteiger partial charge on any atom is -0.274 e. The molecule has 3 nitrogen and oxygen atoms in total. The van der Waals surface area contributed by atoms with Gasteiger partial charge in [0.15, 0.2) is 0 Å². The zero-order valence-corrected chi connectivity index (χ0v) is 9.48. The molecule has 0 atom stereocenters. The molecule has 0 saturated carbocycles. The fourth-order valence-corrected chi connectivity index (χ4v) is 2.17. The van der Waals surface area contributed by atoms with E-state index >= 15 is 0 Å². The Morgan fingerprint density at radius 1 is 1.77 bits per heavy atom. The molecule has 0 aliphatic carbocycles. The monoisotopic (exact) mass is 260 g/mol. The summed E-state index contributed by atoms with van der Waals surface area (Å²) in [7, 11) is 0. The highest BCUT2D eigenvalue weighted by molar-refractivity contribution is 9.14. The van der Waals surface area contributed by atoms with E-state index in [4.69, 9.17) is 0 Å². The van der Waals surface area contributed by atoms with Gasteiger partial charge in [-0.15, -0.1) is 0 Å². The smallest absolute Gasteiger partial charge is 0.236 e. The van der Waals surface area contributed by atoms with E-state index in [2.05, 4.69) is 32.5 Å². The molecule has 0 aromatic rings. The van der Waals surface area contributed by atoms with Crippen molar-refractivity contribution in [2.45, 2.75) is 13.3 Å². The predicted octanol–water partition coefficient (Wildman–Crippen LogP) is 2.37. The maximum absolute atomic E-state index is 10.5. The lowest BCUT2D eigenvalue weighted by Crippen LogP contribution is -2.12. The topological polar surface area (TPSA) is 41.5 Å². The lowest BCUT2D eigenvalue weighted by atomic mass is 10.4. The van der Waals surface area contributed by atoms with Crippen LogP contribution in [0.15, 0.2) is 26.0 Å². The van der Waals surface area contributed by atoms with Crippen LogP contribution in [0.3, 0.4) is 0 Å². The van der Waals surface area contributed by atoms with Gasteiger partial charge in [-0.25, -0.2) is 5.43 Å². The molecule has 0 aromatic heterocycles. The maximum atomic E-state index is 10.5. The van der Waals surface area contributed by atoms with Gasteiger partial charge in [0.2, 0.25) is 5.91 Å². The van der Waals surface area contributed by atoms with Crippen LogP contribution in [0.4, 0.5) is 0 Å². The summed E-state index contributed by atoms with van der Waals surface area (Å²) in [5.41, 5.74) is 2.35. The molecule has 1 aliphatic rings. The fraction of sp³-hybridized carbons (Fsp3) is 0.250. The summed E-state index contributed by atoms with van der Waals surface area (Å²) in [4.78, 5) is 11.5. The molecule has 1 heterocycles. The van der Waals surface area contributed by atoms with E-state index in [1.165, 1.54) is 6.92 Å². The third-order valence-electron chi connectivity index (χ3n) is 1.23. The summed E-state index contributed by atoms with van der Waals surface area (Å²) < 4.78 is 1.08. The van der Waals surface area contributed by atoms with Gasteiger partial charge in [-0.1, -0.05) is 23.9 Å². The van der Waals surface area contributed by atoms with Crippen molar-refractivity contribution in [1.82, 2.24) is 5.43 Å². The quantitative estimate of drug-likeness (QED) is 0.612. The number of hydrogen-bond acceptors (Lipinski definition) is 3. The van der Waals surface area contributed by atoms with E-state index in [0.717, 1.165) is 15.1 Å². The largest absolute Gasteiger partial charge is 0.274 e. The third-order valence-corrected chi connectivity index (χ3v) is 2.91. The van der Waals surface area contributed by atoms with Crippen molar-refractivity contribution in [2.75, 3.05) is 0 Å². The standard InChI is InChI=1S/C8H9BrN2OS/c1-6(12)11-10-5-7-3-2-4-8(9)13-7/h3-5H,2H2,1H3,(H,11,12). The van der Waals surface area contributed by atoms with E-state index in [9.17, 15) is 4.79 Å². The van der Waals surface area contributed by atoms with Crippen molar-refractivity contribution in [1.29, 1.82) is 0 Å². The molecule has 0 aromatic carbocycles. The fourth-order valence-electron chi connectivity index (χ4n) is 0.730. The summed E-state index contributed by atoms with van der Waals surface area (Å²) in [6.07, 6.45) is 6.65. The molecule has 1 amide bonds. The number of hydrogen-bond donors (Lipinski definition) is 1. The second-order valence-electron chi connectivity index (χ2n) is 2.38. The maximum Gasteiger partial charge on any atom is 0.236 e. The number of carbonyl (C=O) groups excluding carboxylic acids is 1. The van der Waals surface area contributed by atoms with Crippen LogP contribution >= 0.6 is 27.7 Å². The molecule has 0 radical (unpaired) electrons. The summed E-state index contributed by atoms with van der Waals surface area (Å²) in [6, 6.07) is 0. The molecule has 1 rings (SSSR count). The Kier molecular flexibility index (Phi) is 4.24. The number of nitrogens with one attached hydrogen (secondary N) is 1. The van der Waals surface area contributed by atoms with Crippen LogP contribution in [0.1, 0.15) is 13.3 Å². The summed E-state index contributed by atoms with van der Waals surface area (Å²) in [5.74, 6) is -0.160. The van der Waals surface area contributed by atoms with Crippen LogP contribution in [0.5, 0.6) is 0 Å². The van der Waals surface area contributed by atoms with Gasteiger partial charge in [0.25, 0.3) is 0 Å². The summed E-state index contributed by atoms with van der Waals surface area (Å²) >= 11 is 4.96. The Bertz CT molecular complexity index is 297. The number of rotatable bonds is 2. The van der Waals surface area contributed by atoms with Gasteiger partial charge in [0.05, 0.1) is 10.0 Å². The summed E-state index contributed by atoms with van der Waals surface area (Å²) in [5, 5.41) is 3.77. The first-order chi connectivity index (χ1) is 6.18. The van der Waals surface area contributed by atoms with E-state index in [1.54, 1.807) is 18.0 Å².